The van der Waals surface area contributed by atoms with Crippen molar-refractivity contribution in [2.24, 2.45) is 0 Å². The largest absolute Gasteiger partial charge is 0.401 e. The molecule has 1 amide bonds. The first-order chi connectivity index (χ1) is 13.2. The van der Waals surface area contributed by atoms with E-state index in [9.17, 15) is 22.4 Å². The van der Waals surface area contributed by atoms with Gasteiger partial charge in [-0.25, -0.2) is 4.39 Å². The second-order valence-electron chi connectivity index (χ2n) is 6.83. The van der Waals surface area contributed by atoms with Gasteiger partial charge in [0.2, 0.25) is 0 Å². The van der Waals surface area contributed by atoms with Crippen LogP contribution in [0.5, 0.6) is 0 Å². The smallest absolute Gasteiger partial charge is 0.321 e. The van der Waals surface area contributed by atoms with Gasteiger partial charge in [-0.1, -0.05) is 18.2 Å². The number of nitrogens with one attached hydrogen (secondary N) is 1. The zero-order valence-electron chi connectivity index (χ0n) is 14.9. The van der Waals surface area contributed by atoms with Gasteiger partial charge in [-0.2, -0.15) is 13.2 Å². The van der Waals surface area contributed by atoms with Crippen LogP contribution >= 0.6 is 11.3 Å². The van der Waals surface area contributed by atoms with Crippen LogP contribution in [0.2, 0.25) is 0 Å². The van der Waals surface area contributed by atoms with Gasteiger partial charge in [0.05, 0.1) is 11.4 Å². The maximum absolute atomic E-state index is 14.1. The summed E-state index contributed by atoms with van der Waals surface area (Å²) in [4.78, 5) is 14.5. The van der Waals surface area contributed by atoms with E-state index in [0.717, 1.165) is 5.56 Å². The van der Waals surface area contributed by atoms with Crippen molar-refractivity contribution in [1.29, 1.82) is 0 Å². The van der Waals surface area contributed by atoms with Crippen molar-refractivity contribution in [3.8, 4) is 0 Å². The van der Waals surface area contributed by atoms with Crippen molar-refractivity contribution in [2.75, 3.05) is 11.9 Å². The molecule has 0 saturated heterocycles. The minimum atomic E-state index is -4.27. The highest BCUT2D eigenvalue weighted by atomic mass is 32.1. The molecule has 1 aromatic heterocycles. The first-order valence-corrected chi connectivity index (χ1v) is 9.43. The predicted octanol–water partition coefficient (Wildman–Crippen LogP) is 5.48. The lowest BCUT2D eigenvalue weighted by Gasteiger charge is -2.17. The van der Waals surface area contributed by atoms with E-state index < -0.39 is 12.7 Å². The Kier molecular flexibility index (Phi) is 4.63. The topological polar surface area (TPSA) is 32.3 Å². The molecular formula is C20H16F4N2OS. The van der Waals surface area contributed by atoms with E-state index in [1.165, 1.54) is 22.3 Å². The highest BCUT2D eigenvalue weighted by molar-refractivity contribution is 7.21. The van der Waals surface area contributed by atoms with E-state index in [1.54, 1.807) is 37.3 Å². The lowest BCUT2D eigenvalue weighted by Crippen LogP contribution is -2.30. The lowest BCUT2D eigenvalue weighted by atomic mass is 10.1. The summed E-state index contributed by atoms with van der Waals surface area (Å²) in [7, 11) is 0. The Balaban J connectivity index is 1.60. The fourth-order valence-electron chi connectivity index (χ4n) is 3.62. The normalized spacial score (nSPS) is 14.5. The van der Waals surface area contributed by atoms with Crippen molar-refractivity contribution in [3.05, 3.63) is 63.8 Å². The van der Waals surface area contributed by atoms with E-state index in [0.29, 0.717) is 31.8 Å². The second kappa shape index (κ2) is 6.86. The van der Waals surface area contributed by atoms with Gasteiger partial charge in [-0.3, -0.25) is 9.69 Å². The van der Waals surface area contributed by atoms with Gasteiger partial charge < -0.3 is 5.32 Å². The second-order valence-corrected chi connectivity index (χ2v) is 7.88. The number of thiophene rings is 1. The molecule has 1 aliphatic heterocycles. The Labute approximate surface area is 162 Å². The summed E-state index contributed by atoms with van der Waals surface area (Å²) in [6.07, 6.45) is -4.27. The van der Waals surface area contributed by atoms with Crippen LogP contribution in [-0.2, 0) is 13.1 Å². The maximum atomic E-state index is 14.1. The summed E-state index contributed by atoms with van der Waals surface area (Å²) in [5.41, 5.74) is 2.50. The first-order valence-electron chi connectivity index (χ1n) is 8.62. The molecule has 3 nitrogen and oxygen atoms in total. The molecule has 0 radical (unpaired) electrons. The summed E-state index contributed by atoms with van der Waals surface area (Å²) < 4.78 is 52.9. The number of alkyl halides is 3. The van der Waals surface area contributed by atoms with Gasteiger partial charge in [-0.15, -0.1) is 11.3 Å². The third-order valence-electron chi connectivity index (χ3n) is 4.81. The maximum Gasteiger partial charge on any atom is 0.401 e. The molecule has 4 rings (SSSR count). The number of hydrogen-bond donors (Lipinski definition) is 1. The van der Waals surface area contributed by atoms with Crippen molar-refractivity contribution < 1.29 is 22.4 Å². The van der Waals surface area contributed by atoms with Gasteiger partial charge in [0.1, 0.15) is 5.82 Å². The van der Waals surface area contributed by atoms with Crippen molar-refractivity contribution in [2.45, 2.75) is 26.2 Å². The number of aryl methyl sites for hydroxylation is 1. The van der Waals surface area contributed by atoms with Gasteiger partial charge in [0.25, 0.3) is 5.91 Å². The summed E-state index contributed by atoms with van der Waals surface area (Å²) in [6.45, 7) is 0.998. The lowest BCUT2D eigenvalue weighted by molar-refractivity contribution is -0.146. The van der Waals surface area contributed by atoms with Crippen molar-refractivity contribution in [1.82, 2.24) is 4.90 Å². The Morgan fingerprint density at radius 3 is 2.64 bits per heavy atom. The molecule has 0 saturated carbocycles. The Morgan fingerprint density at radius 1 is 1.18 bits per heavy atom. The SMILES string of the molecule is Cc1c(C(=O)Nc2cccc3c2CN(CC(F)(F)F)C3)sc2cccc(F)c12. The molecule has 0 fully saturated rings. The third-order valence-corrected chi connectivity index (χ3v) is 6.06. The molecule has 1 aliphatic rings. The monoisotopic (exact) mass is 408 g/mol. The molecule has 8 heteroatoms. The summed E-state index contributed by atoms with van der Waals surface area (Å²) in [6, 6.07) is 9.85. The van der Waals surface area contributed by atoms with E-state index in [4.69, 9.17) is 0 Å². The molecule has 2 aromatic carbocycles. The molecule has 0 spiro atoms. The summed E-state index contributed by atoms with van der Waals surface area (Å²) in [5, 5.41) is 3.23. The predicted molar refractivity (Wildman–Crippen MR) is 101 cm³/mol. The van der Waals surface area contributed by atoms with Crippen LogP contribution in [0, 0.1) is 12.7 Å². The molecule has 146 valence electrons. The number of amides is 1. The number of benzene rings is 2. The average molecular weight is 408 g/mol. The number of rotatable bonds is 3. The molecule has 0 aliphatic carbocycles. The Bertz CT molecular complexity index is 1070. The van der Waals surface area contributed by atoms with Crippen LogP contribution in [0.3, 0.4) is 0 Å². The van der Waals surface area contributed by atoms with E-state index in [-0.39, 0.29) is 24.8 Å². The number of hydrogen-bond acceptors (Lipinski definition) is 3. The summed E-state index contributed by atoms with van der Waals surface area (Å²) >= 11 is 1.20. The van der Waals surface area contributed by atoms with Gasteiger partial charge in [0, 0.05) is 28.9 Å². The van der Waals surface area contributed by atoms with Crippen LogP contribution in [0.1, 0.15) is 26.4 Å². The van der Waals surface area contributed by atoms with E-state index in [1.807, 2.05) is 0 Å². The first kappa shape index (κ1) is 18.9. The summed E-state index contributed by atoms with van der Waals surface area (Å²) in [5.74, 6) is -0.769. The Hall–Kier alpha value is -2.45. The highest BCUT2D eigenvalue weighted by Crippen LogP contribution is 2.35. The minimum absolute atomic E-state index is 0.116. The van der Waals surface area contributed by atoms with E-state index >= 15 is 0 Å². The van der Waals surface area contributed by atoms with Crippen LogP contribution in [0.25, 0.3) is 10.1 Å². The van der Waals surface area contributed by atoms with Crippen LogP contribution in [0.15, 0.2) is 36.4 Å². The van der Waals surface area contributed by atoms with Gasteiger partial charge in [-0.05, 0) is 41.8 Å². The van der Waals surface area contributed by atoms with Crippen molar-refractivity contribution >= 4 is 33.0 Å². The molecule has 3 aromatic rings. The molecule has 2 heterocycles. The molecular weight excluding hydrogens is 392 g/mol. The van der Waals surface area contributed by atoms with Crippen LogP contribution in [0.4, 0.5) is 23.2 Å². The third kappa shape index (κ3) is 3.49. The number of carbonyl (C=O) groups excluding carboxylic acids is 1. The van der Waals surface area contributed by atoms with Gasteiger partial charge >= 0.3 is 6.18 Å². The van der Waals surface area contributed by atoms with Crippen LogP contribution in [-0.4, -0.2) is 23.5 Å². The van der Waals surface area contributed by atoms with E-state index in [2.05, 4.69) is 5.32 Å². The highest BCUT2D eigenvalue weighted by Gasteiger charge is 2.34. The fraction of sp³-hybridized carbons (Fsp3) is 0.250. The number of carbonyl (C=O) groups is 1. The molecule has 28 heavy (non-hydrogen) atoms. The Morgan fingerprint density at radius 2 is 1.93 bits per heavy atom. The number of anilines is 1. The fourth-order valence-corrected chi connectivity index (χ4v) is 4.74. The number of halogens is 4. The van der Waals surface area contributed by atoms with Gasteiger partial charge in [0.15, 0.2) is 0 Å². The average Bonchev–Trinajstić information content (AvgIpc) is 3.15. The van der Waals surface area contributed by atoms with Crippen LogP contribution < -0.4 is 5.32 Å². The zero-order chi connectivity index (χ0) is 20.1. The number of nitrogens with zero attached hydrogens (tertiary/aromatic N) is 1. The quantitative estimate of drug-likeness (QED) is 0.582. The number of fused-ring (bicyclic) bond motifs is 2. The molecule has 0 bridgehead atoms. The molecule has 1 N–H and O–H groups in total. The van der Waals surface area contributed by atoms with Crippen molar-refractivity contribution in [3.63, 3.8) is 0 Å². The molecule has 0 unspecified atom stereocenters. The standard InChI is InChI=1S/C20H16F4N2OS/c1-11-17-14(21)5-3-7-16(17)28-18(11)19(27)25-15-6-2-4-12-8-26(9-13(12)15)10-20(22,23)24/h2-7H,8-10H2,1H3,(H,25,27). The minimum Gasteiger partial charge on any atom is -0.321 e. The molecule has 0 atom stereocenters. The zero-order valence-corrected chi connectivity index (χ0v) is 15.7.